The van der Waals surface area contributed by atoms with Gasteiger partial charge in [0.2, 0.25) is 0 Å². The molecule has 3 nitrogen and oxygen atoms in total. The van der Waals surface area contributed by atoms with Gasteiger partial charge in [-0.25, -0.2) is 0 Å². The molecular weight excluding hydrogens is 281 g/mol. The maximum absolute atomic E-state index is 11.6. The number of alkyl halides is 2. The number of rotatable bonds is 4. The first-order chi connectivity index (χ1) is 8.17. The van der Waals surface area contributed by atoms with Gasteiger partial charge in [-0.2, -0.15) is 0 Å². The molecule has 2 rings (SSSR count). The van der Waals surface area contributed by atoms with E-state index < -0.39 is 0 Å². The Morgan fingerprint density at radius 2 is 1.88 bits per heavy atom. The van der Waals surface area contributed by atoms with Crippen LogP contribution in [-0.4, -0.2) is 28.8 Å². The van der Waals surface area contributed by atoms with Crippen LogP contribution in [0.3, 0.4) is 0 Å². The van der Waals surface area contributed by atoms with Crippen LogP contribution in [0.1, 0.15) is 20.7 Å². The number of benzene rings is 1. The molecule has 1 aliphatic rings. The Morgan fingerprint density at radius 1 is 1.18 bits per heavy atom. The lowest BCUT2D eigenvalue weighted by Crippen LogP contribution is -2.20. The summed E-state index contributed by atoms with van der Waals surface area (Å²) in [7, 11) is 0. The standard InChI is InChI=1S/C11H9Cl2NO2S/c12-4-6(5-13)17-8-3-1-2-7-9(8)11(16)14-10(7)15/h1-3,6H,4-5H2,(H,14,15,16). The van der Waals surface area contributed by atoms with Crippen molar-refractivity contribution < 1.29 is 9.59 Å². The Labute approximate surface area is 113 Å². The first-order valence-electron chi connectivity index (χ1n) is 4.94. The van der Waals surface area contributed by atoms with E-state index >= 15 is 0 Å². The normalized spacial score (nSPS) is 14.1. The van der Waals surface area contributed by atoms with Crippen LogP contribution in [0.25, 0.3) is 0 Å². The monoisotopic (exact) mass is 289 g/mol. The molecule has 6 heteroatoms. The van der Waals surface area contributed by atoms with Gasteiger partial charge in [0.05, 0.1) is 11.1 Å². The third-order valence-corrected chi connectivity index (χ3v) is 4.73. The van der Waals surface area contributed by atoms with Crippen LogP contribution in [0.5, 0.6) is 0 Å². The third kappa shape index (κ3) is 2.44. The second-order valence-corrected chi connectivity index (χ2v) is 5.47. The van der Waals surface area contributed by atoms with Crippen molar-refractivity contribution in [2.24, 2.45) is 0 Å². The predicted octanol–water partition coefficient (Wildman–Crippen LogP) is 2.51. The van der Waals surface area contributed by atoms with Crippen LogP contribution in [0, 0.1) is 0 Å². The lowest BCUT2D eigenvalue weighted by Gasteiger charge is -2.11. The van der Waals surface area contributed by atoms with Gasteiger partial charge in [0, 0.05) is 21.9 Å². The van der Waals surface area contributed by atoms with Gasteiger partial charge in [-0.15, -0.1) is 35.0 Å². The average Bonchev–Trinajstić information content (AvgIpc) is 2.63. The summed E-state index contributed by atoms with van der Waals surface area (Å²) in [5.74, 6) is 0.0950. The zero-order chi connectivity index (χ0) is 12.4. The maximum atomic E-state index is 11.6. The van der Waals surface area contributed by atoms with Crippen LogP contribution in [-0.2, 0) is 0 Å². The van der Waals surface area contributed by atoms with Gasteiger partial charge in [0.15, 0.2) is 0 Å². The van der Waals surface area contributed by atoms with E-state index in [1.165, 1.54) is 11.8 Å². The molecule has 0 atom stereocenters. The quantitative estimate of drug-likeness (QED) is 0.526. The average molecular weight is 290 g/mol. The van der Waals surface area contributed by atoms with E-state index in [1.807, 2.05) is 0 Å². The van der Waals surface area contributed by atoms with E-state index in [0.29, 0.717) is 22.9 Å². The molecule has 0 aromatic heterocycles. The molecule has 1 aromatic rings. The van der Waals surface area contributed by atoms with Crippen molar-refractivity contribution in [3.05, 3.63) is 29.3 Å². The molecule has 1 aliphatic heterocycles. The number of hydrogen-bond acceptors (Lipinski definition) is 3. The molecule has 1 aromatic carbocycles. The number of amides is 2. The molecule has 90 valence electrons. The number of carbonyl (C=O) groups excluding carboxylic acids is 2. The van der Waals surface area contributed by atoms with E-state index in [2.05, 4.69) is 5.32 Å². The van der Waals surface area contributed by atoms with Crippen molar-refractivity contribution in [3.8, 4) is 0 Å². The third-order valence-electron chi connectivity index (χ3n) is 2.36. The minimum atomic E-state index is -0.351. The second kappa shape index (κ2) is 5.29. The fraction of sp³-hybridized carbons (Fsp3) is 0.273. The summed E-state index contributed by atoms with van der Waals surface area (Å²) >= 11 is 12.9. The van der Waals surface area contributed by atoms with Gasteiger partial charge in [-0.1, -0.05) is 6.07 Å². The molecule has 0 saturated carbocycles. The first-order valence-corrected chi connectivity index (χ1v) is 6.89. The molecule has 0 unspecified atom stereocenters. The van der Waals surface area contributed by atoms with E-state index in [4.69, 9.17) is 23.2 Å². The molecule has 2 amide bonds. The fourth-order valence-corrected chi connectivity index (χ4v) is 3.24. The molecule has 0 saturated heterocycles. The SMILES string of the molecule is O=C1NC(=O)c2c(SC(CCl)CCl)cccc21. The highest BCUT2D eigenvalue weighted by Gasteiger charge is 2.29. The summed E-state index contributed by atoms with van der Waals surface area (Å²) in [5.41, 5.74) is 0.852. The summed E-state index contributed by atoms with van der Waals surface area (Å²) in [4.78, 5) is 23.9. The molecule has 0 radical (unpaired) electrons. The van der Waals surface area contributed by atoms with Crippen molar-refractivity contribution in [3.63, 3.8) is 0 Å². The molecule has 0 fully saturated rings. The maximum Gasteiger partial charge on any atom is 0.260 e. The van der Waals surface area contributed by atoms with E-state index in [9.17, 15) is 9.59 Å². The van der Waals surface area contributed by atoms with Crippen molar-refractivity contribution in [1.29, 1.82) is 0 Å². The summed E-state index contributed by atoms with van der Waals surface area (Å²) in [5, 5.41) is 2.30. The Hall–Kier alpha value is -0.710. The minimum Gasteiger partial charge on any atom is -0.288 e. The number of fused-ring (bicyclic) bond motifs is 1. The molecule has 0 spiro atoms. The number of carbonyl (C=O) groups is 2. The zero-order valence-corrected chi connectivity index (χ0v) is 11.0. The van der Waals surface area contributed by atoms with Crippen molar-refractivity contribution in [1.82, 2.24) is 5.32 Å². The molecule has 1 heterocycles. The number of nitrogens with one attached hydrogen (secondary N) is 1. The highest BCUT2D eigenvalue weighted by atomic mass is 35.5. The Balaban J connectivity index is 2.37. The number of hydrogen-bond donors (Lipinski definition) is 1. The van der Waals surface area contributed by atoms with Gasteiger partial charge in [0.25, 0.3) is 11.8 Å². The van der Waals surface area contributed by atoms with E-state index in [1.54, 1.807) is 18.2 Å². The van der Waals surface area contributed by atoms with Crippen LogP contribution in [0.4, 0.5) is 0 Å². The summed E-state index contributed by atoms with van der Waals surface area (Å²) in [6.07, 6.45) is 0. The summed E-state index contributed by atoms with van der Waals surface area (Å²) in [6, 6.07) is 5.18. The second-order valence-electron chi connectivity index (χ2n) is 3.51. The summed E-state index contributed by atoms with van der Waals surface area (Å²) in [6.45, 7) is 0. The highest BCUT2D eigenvalue weighted by molar-refractivity contribution is 8.00. The molecule has 0 aliphatic carbocycles. The summed E-state index contributed by atoms with van der Waals surface area (Å²) < 4.78 is 0. The first kappa shape index (κ1) is 12.7. The van der Waals surface area contributed by atoms with Crippen LogP contribution >= 0.6 is 35.0 Å². The number of halogens is 2. The molecular formula is C11H9Cl2NO2S. The van der Waals surface area contributed by atoms with Gasteiger partial charge in [-0.3, -0.25) is 14.9 Å². The Kier molecular flexibility index (Phi) is 3.97. The van der Waals surface area contributed by atoms with Crippen molar-refractivity contribution >= 4 is 46.8 Å². The van der Waals surface area contributed by atoms with Gasteiger partial charge >= 0.3 is 0 Å². The minimum absolute atomic E-state index is 0.0216. The highest BCUT2D eigenvalue weighted by Crippen LogP contribution is 2.32. The fourth-order valence-electron chi connectivity index (χ4n) is 1.57. The van der Waals surface area contributed by atoms with Crippen LogP contribution < -0.4 is 5.32 Å². The predicted molar refractivity (Wildman–Crippen MR) is 69.3 cm³/mol. The Morgan fingerprint density at radius 3 is 2.53 bits per heavy atom. The Bertz CT molecular complexity index is 475. The lowest BCUT2D eigenvalue weighted by atomic mass is 10.1. The van der Waals surface area contributed by atoms with E-state index in [0.717, 1.165) is 4.90 Å². The van der Waals surface area contributed by atoms with Gasteiger partial charge in [0.1, 0.15) is 0 Å². The van der Waals surface area contributed by atoms with Gasteiger partial charge in [-0.05, 0) is 12.1 Å². The topological polar surface area (TPSA) is 46.2 Å². The van der Waals surface area contributed by atoms with Crippen LogP contribution in [0.15, 0.2) is 23.1 Å². The van der Waals surface area contributed by atoms with Crippen LogP contribution in [0.2, 0.25) is 0 Å². The molecule has 1 N–H and O–H groups in total. The van der Waals surface area contributed by atoms with Crippen molar-refractivity contribution in [2.75, 3.05) is 11.8 Å². The molecule has 0 bridgehead atoms. The lowest BCUT2D eigenvalue weighted by molar-refractivity contribution is 0.0879. The zero-order valence-electron chi connectivity index (χ0n) is 8.70. The smallest absolute Gasteiger partial charge is 0.260 e. The van der Waals surface area contributed by atoms with E-state index in [-0.39, 0.29) is 17.1 Å². The van der Waals surface area contributed by atoms with Crippen molar-refractivity contribution in [2.45, 2.75) is 10.1 Å². The largest absolute Gasteiger partial charge is 0.288 e. The van der Waals surface area contributed by atoms with Gasteiger partial charge < -0.3 is 0 Å². The number of thioether (sulfide) groups is 1. The molecule has 17 heavy (non-hydrogen) atoms. The number of imide groups is 1.